The molecule has 0 radical (unpaired) electrons. The number of fused-ring (bicyclic) bond motifs is 2. The molecule has 2 aliphatic rings. The third-order valence-electron chi connectivity index (χ3n) is 6.84. The highest BCUT2D eigenvalue weighted by atomic mass is 16.6. The summed E-state index contributed by atoms with van der Waals surface area (Å²) in [5.74, 6) is -2.02. The van der Waals surface area contributed by atoms with Crippen LogP contribution >= 0.6 is 0 Å². The number of hydrogen-bond acceptors (Lipinski definition) is 7. The first-order chi connectivity index (χ1) is 13.5. The van der Waals surface area contributed by atoms with Crippen molar-refractivity contribution >= 4 is 17.7 Å². The standard InChI is InChI=1S/C22H28O7/c1-7-11(2)20(25)29-15-9-8-13(4)21(6)19(28-14(5)23)16-12(3)10-27-17(16)18(24)22(15,21)26/h7,10,13,15,19,26H,8-9H2,1-6H3. The summed E-state index contributed by atoms with van der Waals surface area (Å²) >= 11 is 0. The van der Waals surface area contributed by atoms with Gasteiger partial charge in [0.05, 0.1) is 11.7 Å². The molecule has 0 spiro atoms. The first kappa shape index (κ1) is 21.3. The van der Waals surface area contributed by atoms with E-state index in [1.165, 1.54) is 13.2 Å². The van der Waals surface area contributed by atoms with E-state index in [4.69, 9.17) is 13.9 Å². The first-order valence-electron chi connectivity index (χ1n) is 9.86. The van der Waals surface area contributed by atoms with Crippen molar-refractivity contribution in [3.8, 4) is 0 Å². The minimum Gasteiger partial charge on any atom is -0.460 e. The quantitative estimate of drug-likeness (QED) is 0.608. The van der Waals surface area contributed by atoms with Gasteiger partial charge in [0.1, 0.15) is 12.2 Å². The number of esters is 2. The normalized spacial score (nSPS) is 34.2. The molecule has 158 valence electrons. The molecule has 0 saturated heterocycles. The number of allylic oxidation sites excluding steroid dienone is 1. The zero-order valence-corrected chi connectivity index (χ0v) is 17.7. The molecule has 2 aliphatic carbocycles. The summed E-state index contributed by atoms with van der Waals surface area (Å²) < 4.78 is 16.8. The topological polar surface area (TPSA) is 103 Å². The number of ether oxygens (including phenoxy) is 2. The molecule has 1 heterocycles. The Morgan fingerprint density at radius 2 is 1.93 bits per heavy atom. The molecule has 0 aliphatic heterocycles. The van der Waals surface area contributed by atoms with E-state index in [2.05, 4.69) is 0 Å². The van der Waals surface area contributed by atoms with Crippen LogP contribution < -0.4 is 0 Å². The number of aryl methyl sites for hydroxylation is 1. The number of aliphatic hydroxyl groups is 1. The second-order valence-corrected chi connectivity index (χ2v) is 8.37. The van der Waals surface area contributed by atoms with E-state index in [9.17, 15) is 19.5 Å². The second kappa shape index (κ2) is 7.13. The first-order valence-corrected chi connectivity index (χ1v) is 9.86. The molecule has 0 aromatic carbocycles. The van der Waals surface area contributed by atoms with E-state index < -0.39 is 40.9 Å². The van der Waals surface area contributed by atoms with Crippen molar-refractivity contribution in [2.24, 2.45) is 11.3 Å². The van der Waals surface area contributed by atoms with Crippen LogP contribution in [0.4, 0.5) is 0 Å². The summed E-state index contributed by atoms with van der Waals surface area (Å²) in [4.78, 5) is 37.9. The summed E-state index contributed by atoms with van der Waals surface area (Å²) in [6, 6.07) is 0. The Hall–Kier alpha value is -2.41. The van der Waals surface area contributed by atoms with Crippen molar-refractivity contribution in [2.75, 3.05) is 0 Å². The highest BCUT2D eigenvalue weighted by molar-refractivity contribution is 6.05. The van der Waals surface area contributed by atoms with Crippen LogP contribution in [0.1, 0.15) is 75.2 Å². The van der Waals surface area contributed by atoms with Crippen LogP contribution in [-0.4, -0.2) is 34.5 Å². The van der Waals surface area contributed by atoms with Gasteiger partial charge in [0.15, 0.2) is 11.4 Å². The van der Waals surface area contributed by atoms with Crippen molar-refractivity contribution in [2.45, 2.75) is 72.2 Å². The smallest absolute Gasteiger partial charge is 0.333 e. The molecule has 0 amide bonds. The zero-order chi connectivity index (χ0) is 21.7. The molecule has 0 bridgehead atoms. The predicted octanol–water partition coefficient (Wildman–Crippen LogP) is 3.43. The molecule has 7 heteroatoms. The van der Waals surface area contributed by atoms with Gasteiger partial charge in [-0.2, -0.15) is 0 Å². The van der Waals surface area contributed by atoms with Crippen LogP contribution in [0.2, 0.25) is 0 Å². The maximum Gasteiger partial charge on any atom is 0.333 e. The lowest BCUT2D eigenvalue weighted by molar-refractivity contribution is -0.229. The number of ketones is 1. The van der Waals surface area contributed by atoms with Gasteiger partial charge in [0.25, 0.3) is 0 Å². The van der Waals surface area contributed by atoms with Crippen molar-refractivity contribution in [1.82, 2.24) is 0 Å². The highest BCUT2D eigenvalue weighted by Gasteiger charge is 2.71. The lowest BCUT2D eigenvalue weighted by Crippen LogP contribution is -2.70. The minimum atomic E-state index is -2.09. The van der Waals surface area contributed by atoms with Gasteiger partial charge in [0, 0.05) is 18.1 Å². The number of carbonyl (C=O) groups is 3. The van der Waals surface area contributed by atoms with E-state index in [1.807, 2.05) is 6.92 Å². The monoisotopic (exact) mass is 404 g/mol. The Balaban J connectivity index is 2.20. The van der Waals surface area contributed by atoms with Crippen LogP contribution in [0.3, 0.4) is 0 Å². The van der Waals surface area contributed by atoms with Crippen LogP contribution in [0.5, 0.6) is 0 Å². The SMILES string of the molecule is CC=C(C)C(=O)OC1CCC(C)C2(C)C(OC(C)=O)c3c(C)coc3C(=O)C12O. The van der Waals surface area contributed by atoms with Crippen LogP contribution in [0, 0.1) is 18.3 Å². The molecule has 1 saturated carbocycles. The lowest BCUT2D eigenvalue weighted by atomic mass is 9.50. The van der Waals surface area contributed by atoms with Crippen molar-refractivity contribution in [3.63, 3.8) is 0 Å². The summed E-state index contributed by atoms with van der Waals surface area (Å²) in [5.41, 5.74) is -1.78. The Bertz CT molecular complexity index is 895. The van der Waals surface area contributed by atoms with E-state index in [-0.39, 0.29) is 11.7 Å². The fraction of sp³-hybridized carbons (Fsp3) is 0.591. The molecule has 1 fully saturated rings. The Morgan fingerprint density at radius 1 is 1.28 bits per heavy atom. The molecular formula is C22H28O7. The molecule has 3 rings (SSSR count). The van der Waals surface area contributed by atoms with Crippen molar-refractivity contribution < 1.29 is 33.4 Å². The van der Waals surface area contributed by atoms with Gasteiger partial charge in [-0.15, -0.1) is 0 Å². The lowest BCUT2D eigenvalue weighted by Gasteiger charge is -2.58. The highest BCUT2D eigenvalue weighted by Crippen LogP contribution is 2.61. The molecule has 29 heavy (non-hydrogen) atoms. The van der Waals surface area contributed by atoms with Crippen LogP contribution in [-0.2, 0) is 19.1 Å². The maximum atomic E-state index is 13.5. The average molecular weight is 404 g/mol. The number of Topliss-reactive ketones (excluding diaryl/α,β-unsaturated/α-hetero) is 1. The van der Waals surface area contributed by atoms with Crippen LogP contribution in [0.25, 0.3) is 0 Å². The van der Waals surface area contributed by atoms with Gasteiger partial charge in [-0.05, 0) is 45.1 Å². The number of rotatable bonds is 3. The Kier molecular flexibility index (Phi) is 5.24. The second-order valence-electron chi connectivity index (χ2n) is 8.37. The Labute approximate surface area is 170 Å². The summed E-state index contributed by atoms with van der Waals surface area (Å²) in [5, 5.41) is 11.9. The third kappa shape index (κ3) is 2.86. The van der Waals surface area contributed by atoms with Gasteiger partial charge in [-0.1, -0.05) is 19.9 Å². The van der Waals surface area contributed by atoms with Gasteiger partial charge >= 0.3 is 11.9 Å². The summed E-state index contributed by atoms with van der Waals surface area (Å²) in [7, 11) is 0. The predicted molar refractivity (Wildman–Crippen MR) is 103 cm³/mol. The van der Waals surface area contributed by atoms with E-state index in [0.717, 1.165) is 0 Å². The van der Waals surface area contributed by atoms with Gasteiger partial charge in [-0.25, -0.2) is 4.79 Å². The van der Waals surface area contributed by atoms with Crippen molar-refractivity contribution in [3.05, 3.63) is 34.8 Å². The molecule has 1 aromatic rings. The zero-order valence-electron chi connectivity index (χ0n) is 17.7. The molecule has 1 N–H and O–H groups in total. The van der Waals surface area contributed by atoms with Gasteiger partial charge in [-0.3, -0.25) is 9.59 Å². The van der Waals surface area contributed by atoms with Crippen LogP contribution in [0.15, 0.2) is 22.3 Å². The average Bonchev–Trinajstić information content (AvgIpc) is 3.05. The Morgan fingerprint density at radius 3 is 2.52 bits per heavy atom. The maximum absolute atomic E-state index is 13.5. The van der Waals surface area contributed by atoms with Gasteiger partial charge in [0.2, 0.25) is 5.78 Å². The number of carbonyl (C=O) groups excluding carboxylic acids is 3. The van der Waals surface area contributed by atoms with Gasteiger partial charge < -0.3 is 19.0 Å². The summed E-state index contributed by atoms with van der Waals surface area (Å²) in [6.45, 7) is 9.99. The molecule has 5 unspecified atom stereocenters. The minimum absolute atomic E-state index is 0.0494. The largest absolute Gasteiger partial charge is 0.460 e. The summed E-state index contributed by atoms with van der Waals surface area (Å²) in [6.07, 6.45) is 1.92. The third-order valence-corrected chi connectivity index (χ3v) is 6.84. The fourth-order valence-corrected chi connectivity index (χ4v) is 4.74. The molecule has 1 aromatic heterocycles. The van der Waals surface area contributed by atoms with Crippen molar-refractivity contribution in [1.29, 1.82) is 0 Å². The molecular weight excluding hydrogens is 376 g/mol. The van der Waals surface area contributed by atoms with E-state index in [0.29, 0.717) is 29.5 Å². The van der Waals surface area contributed by atoms with E-state index in [1.54, 1.807) is 33.8 Å². The molecule has 5 atom stereocenters. The molecule has 7 nitrogen and oxygen atoms in total. The number of furan rings is 1. The fourth-order valence-electron chi connectivity index (χ4n) is 4.74. The van der Waals surface area contributed by atoms with E-state index >= 15 is 0 Å². The number of hydrogen-bond donors (Lipinski definition) is 1.